The molecule has 0 aliphatic rings. The highest BCUT2D eigenvalue weighted by Crippen LogP contribution is 2.22. The van der Waals surface area contributed by atoms with E-state index in [2.05, 4.69) is 0 Å². The lowest BCUT2D eigenvalue weighted by atomic mass is 10.0. The number of rotatable bonds is 0. The van der Waals surface area contributed by atoms with Gasteiger partial charge in [0.05, 0.1) is 0 Å². The summed E-state index contributed by atoms with van der Waals surface area (Å²) in [5, 5.41) is 0. The van der Waals surface area contributed by atoms with Crippen LogP contribution in [0.15, 0.2) is 0 Å². The maximum absolute atomic E-state index is 12.8. The molecule has 1 aromatic carbocycles. The lowest BCUT2D eigenvalue weighted by Gasteiger charge is -2.07. The third-order valence-electron chi connectivity index (χ3n) is 2.17. The van der Waals surface area contributed by atoms with Crippen molar-refractivity contribution in [3.63, 3.8) is 0 Å². The summed E-state index contributed by atoms with van der Waals surface area (Å²) in [5.41, 5.74) is 0.809. The van der Waals surface area contributed by atoms with Gasteiger partial charge in [-0.25, -0.2) is 13.2 Å². The molecule has 0 bridgehead atoms. The van der Waals surface area contributed by atoms with Crippen LogP contribution in [0.2, 0.25) is 0 Å². The SMILES string of the molecule is Cc1c(C)c(F)c(F)c(F)c1C. The van der Waals surface area contributed by atoms with Crippen LogP contribution in [-0.4, -0.2) is 0 Å². The van der Waals surface area contributed by atoms with Crippen LogP contribution in [0.5, 0.6) is 0 Å². The van der Waals surface area contributed by atoms with Gasteiger partial charge in [0.25, 0.3) is 0 Å². The molecule has 1 rings (SSSR count). The van der Waals surface area contributed by atoms with E-state index in [-0.39, 0.29) is 11.1 Å². The van der Waals surface area contributed by atoms with Gasteiger partial charge in [0.1, 0.15) is 0 Å². The molecule has 3 heteroatoms. The zero-order valence-corrected chi connectivity index (χ0v) is 7.13. The van der Waals surface area contributed by atoms with Crippen LogP contribution in [0.25, 0.3) is 0 Å². The van der Waals surface area contributed by atoms with E-state index in [1.165, 1.54) is 13.8 Å². The molecular weight excluding hydrogens is 165 g/mol. The van der Waals surface area contributed by atoms with Crippen LogP contribution in [0, 0.1) is 38.2 Å². The zero-order valence-electron chi connectivity index (χ0n) is 7.13. The summed E-state index contributed by atoms with van der Waals surface area (Å²) in [7, 11) is 0. The van der Waals surface area contributed by atoms with E-state index >= 15 is 0 Å². The van der Waals surface area contributed by atoms with E-state index in [1.54, 1.807) is 6.92 Å². The van der Waals surface area contributed by atoms with Crippen molar-refractivity contribution in [2.75, 3.05) is 0 Å². The average molecular weight is 174 g/mol. The highest BCUT2D eigenvalue weighted by atomic mass is 19.2. The molecule has 0 spiro atoms. The molecule has 12 heavy (non-hydrogen) atoms. The largest absolute Gasteiger partial charge is 0.203 e. The number of benzene rings is 1. The van der Waals surface area contributed by atoms with Crippen LogP contribution >= 0.6 is 0 Å². The third-order valence-corrected chi connectivity index (χ3v) is 2.17. The van der Waals surface area contributed by atoms with Gasteiger partial charge in [-0.3, -0.25) is 0 Å². The van der Waals surface area contributed by atoms with Crippen molar-refractivity contribution in [2.24, 2.45) is 0 Å². The topological polar surface area (TPSA) is 0 Å². The molecule has 0 nitrogen and oxygen atoms in total. The van der Waals surface area contributed by atoms with Gasteiger partial charge >= 0.3 is 0 Å². The summed E-state index contributed by atoms with van der Waals surface area (Å²) in [5.74, 6) is -3.55. The van der Waals surface area contributed by atoms with Crippen molar-refractivity contribution in [3.05, 3.63) is 34.1 Å². The molecule has 0 unspecified atom stereocenters. The number of hydrogen-bond acceptors (Lipinski definition) is 0. The number of halogens is 3. The van der Waals surface area contributed by atoms with Gasteiger partial charge in [-0.15, -0.1) is 0 Å². The van der Waals surface area contributed by atoms with Gasteiger partial charge in [-0.2, -0.15) is 0 Å². The van der Waals surface area contributed by atoms with Crippen LogP contribution in [-0.2, 0) is 0 Å². The van der Waals surface area contributed by atoms with Crippen molar-refractivity contribution < 1.29 is 13.2 Å². The highest BCUT2D eigenvalue weighted by molar-refractivity contribution is 5.35. The molecule has 0 heterocycles. The Morgan fingerprint density at radius 3 is 1.25 bits per heavy atom. The molecule has 0 saturated carbocycles. The Balaban J connectivity index is 3.60. The van der Waals surface area contributed by atoms with Crippen molar-refractivity contribution in [2.45, 2.75) is 20.8 Å². The molecule has 0 aromatic heterocycles. The molecule has 0 N–H and O–H groups in total. The Labute approximate surface area is 69.0 Å². The molecule has 0 aliphatic heterocycles. The molecule has 0 radical (unpaired) electrons. The number of hydrogen-bond donors (Lipinski definition) is 0. The summed E-state index contributed by atoms with van der Waals surface area (Å²) < 4.78 is 38.3. The normalized spacial score (nSPS) is 10.5. The van der Waals surface area contributed by atoms with E-state index in [4.69, 9.17) is 0 Å². The van der Waals surface area contributed by atoms with E-state index in [9.17, 15) is 13.2 Å². The minimum atomic E-state index is -1.38. The minimum Gasteiger partial charge on any atom is -0.203 e. The summed E-state index contributed by atoms with van der Waals surface area (Å²) in [6.07, 6.45) is 0. The van der Waals surface area contributed by atoms with E-state index < -0.39 is 17.5 Å². The van der Waals surface area contributed by atoms with Crippen molar-refractivity contribution in [3.8, 4) is 0 Å². The van der Waals surface area contributed by atoms with Crippen molar-refractivity contribution >= 4 is 0 Å². The fourth-order valence-corrected chi connectivity index (χ4v) is 1.04. The summed E-state index contributed by atoms with van der Waals surface area (Å²) >= 11 is 0. The molecule has 0 fully saturated rings. The van der Waals surface area contributed by atoms with Crippen molar-refractivity contribution in [1.29, 1.82) is 0 Å². The quantitative estimate of drug-likeness (QED) is 0.530. The van der Waals surface area contributed by atoms with E-state index in [0.29, 0.717) is 5.56 Å². The maximum atomic E-state index is 12.8. The molecule has 0 amide bonds. The first-order valence-electron chi connectivity index (χ1n) is 3.57. The van der Waals surface area contributed by atoms with Crippen LogP contribution in [0.1, 0.15) is 16.7 Å². The highest BCUT2D eigenvalue weighted by Gasteiger charge is 2.17. The van der Waals surface area contributed by atoms with E-state index in [0.717, 1.165) is 0 Å². The lowest BCUT2D eigenvalue weighted by molar-refractivity contribution is 0.438. The fourth-order valence-electron chi connectivity index (χ4n) is 1.04. The fraction of sp³-hybridized carbons (Fsp3) is 0.333. The second kappa shape index (κ2) is 2.81. The molecule has 1 aromatic rings. The molecule has 0 aliphatic carbocycles. The van der Waals surface area contributed by atoms with Gasteiger partial charge in [0.15, 0.2) is 17.5 Å². The lowest BCUT2D eigenvalue weighted by Crippen LogP contribution is -2.01. The monoisotopic (exact) mass is 174 g/mol. The molecular formula is C9H9F3. The van der Waals surface area contributed by atoms with Gasteiger partial charge in [-0.1, -0.05) is 0 Å². The first-order valence-corrected chi connectivity index (χ1v) is 3.57. The Morgan fingerprint density at radius 2 is 0.917 bits per heavy atom. The first-order chi connectivity index (χ1) is 5.46. The predicted molar refractivity (Wildman–Crippen MR) is 40.5 cm³/mol. The standard InChI is InChI=1S/C9H9F3/c1-4-5(2)7(10)9(12)8(11)6(4)3/h1-3H3. The van der Waals surface area contributed by atoms with Gasteiger partial charge in [0.2, 0.25) is 0 Å². The second-order valence-electron chi connectivity index (χ2n) is 2.82. The predicted octanol–water partition coefficient (Wildman–Crippen LogP) is 3.03. The third kappa shape index (κ3) is 1.09. The van der Waals surface area contributed by atoms with Gasteiger partial charge in [0, 0.05) is 0 Å². The summed E-state index contributed by atoms with van der Waals surface area (Å²) in [4.78, 5) is 0. The van der Waals surface area contributed by atoms with E-state index in [1.807, 2.05) is 0 Å². The first kappa shape index (κ1) is 9.10. The Bertz CT molecular complexity index is 224. The van der Waals surface area contributed by atoms with Gasteiger partial charge in [-0.05, 0) is 37.5 Å². The maximum Gasteiger partial charge on any atom is 0.194 e. The molecule has 66 valence electrons. The Morgan fingerprint density at radius 1 is 0.583 bits per heavy atom. The summed E-state index contributed by atoms with van der Waals surface area (Å²) in [6.45, 7) is 4.43. The Kier molecular flexibility index (Phi) is 2.13. The van der Waals surface area contributed by atoms with Crippen LogP contribution in [0.3, 0.4) is 0 Å². The Hall–Kier alpha value is -0.990. The second-order valence-corrected chi connectivity index (χ2v) is 2.82. The van der Waals surface area contributed by atoms with Crippen molar-refractivity contribution in [1.82, 2.24) is 0 Å². The molecule has 0 atom stereocenters. The minimum absolute atomic E-state index is 0.173. The molecule has 0 saturated heterocycles. The van der Waals surface area contributed by atoms with Gasteiger partial charge < -0.3 is 0 Å². The smallest absolute Gasteiger partial charge is 0.194 e. The zero-order chi connectivity index (χ0) is 9.46. The summed E-state index contributed by atoms with van der Waals surface area (Å²) in [6, 6.07) is 0. The average Bonchev–Trinajstić information content (AvgIpc) is 2.08. The van der Waals surface area contributed by atoms with Crippen LogP contribution in [0.4, 0.5) is 13.2 Å². The van der Waals surface area contributed by atoms with Crippen LogP contribution < -0.4 is 0 Å².